The molecule has 10 heteroatoms. The van der Waals surface area contributed by atoms with E-state index in [2.05, 4.69) is 17.2 Å². The molecule has 0 saturated carbocycles. The third-order valence-corrected chi connectivity index (χ3v) is 7.54. The summed E-state index contributed by atoms with van der Waals surface area (Å²) in [5.74, 6) is 1.63. The van der Waals surface area contributed by atoms with Crippen molar-refractivity contribution in [3.63, 3.8) is 0 Å². The second-order valence-electron chi connectivity index (χ2n) is 9.48. The van der Waals surface area contributed by atoms with Gasteiger partial charge in [0.05, 0.1) is 45.6 Å². The molecule has 0 N–H and O–H groups in total. The average Bonchev–Trinajstić information content (AvgIpc) is 3.66. The van der Waals surface area contributed by atoms with Crippen LogP contribution in [0.2, 0.25) is 0 Å². The molecule has 0 bridgehead atoms. The van der Waals surface area contributed by atoms with Gasteiger partial charge < -0.3 is 28.4 Å². The molecule has 37 heavy (non-hydrogen) atoms. The van der Waals surface area contributed by atoms with Crippen molar-refractivity contribution in [3.8, 4) is 28.7 Å². The largest absolute Gasteiger partial charge is 0.493 e. The fourth-order valence-corrected chi connectivity index (χ4v) is 5.97. The number of esters is 1. The van der Waals surface area contributed by atoms with Gasteiger partial charge in [0.1, 0.15) is 0 Å². The van der Waals surface area contributed by atoms with Crippen LogP contribution in [0.3, 0.4) is 0 Å². The highest BCUT2D eigenvalue weighted by Crippen LogP contribution is 2.56. The number of methoxy groups -OCH3 is 3. The summed E-state index contributed by atoms with van der Waals surface area (Å²) in [6.07, 6.45) is 3.77. The number of hydrogen-bond donors (Lipinski definition) is 0. The monoisotopic (exact) mass is 507 g/mol. The minimum atomic E-state index is -0.459. The van der Waals surface area contributed by atoms with E-state index in [4.69, 9.17) is 28.4 Å². The quantitative estimate of drug-likeness (QED) is 0.445. The van der Waals surface area contributed by atoms with Crippen molar-refractivity contribution in [2.75, 3.05) is 34.7 Å². The van der Waals surface area contributed by atoms with Crippen LogP contribution in [0.5, 0.6) is 28.7 Å². The number of ether oxygens (including phenoxy) is 6. The van der Waals surface area contributed by atoms with E-state index in [1.54, 1.807) is 21.3 Å². The molecule has 3 heterocycles. The first-order valence-electron chi connectivity index (χ1n) is 12.4. The van der Waals surface area contributed by atoms with Gasteiger partial charge in [-0.25, -0.2) is 4.68 Å². The first kappa shape index (κ1) is 23.4. The van der Waals surface area contributed by atoms with Gasteiger partial charge in [-0.2, -0.15) is 0 Å². The number of fused-ring (bicyclic) bond motifs is 3. The Morgan fingerprint density at radius 3 is 2.32 bits per heavy atom. The normalized spacial score (nSPS) is 23.3. The molecule has 1 saturated heterocycles. The summed E-state index contributed by atoms with van der Waals surface area (Å²) in [7, 11) is 4.72. The lowest BCUT2D eigenvalue weighted by molar-refractivity contribution is -0.141. The number of aromatic nitrogens is 3. The van der Waals surface area contributed by atoms with Crippen LogP contribution in [0, 0.1) is 11.8 Å². The second-order valence-corrected chi connectivity index (χ2v) is 9.48. The predicted molar refractivity (Wildman–Crippen MR) is 131 cm³/mol. The molecule has 1 fully saturated rings. The highest BCUT2D eigenvalue weighted by Gasteiger charge is 2.53. The Hall–Kier alpha value is -3.95. The fourth-order valence-electron chi connectivity index (χ4n) is 5.97. The zero-order valence-electron chi connectivity index (χ0n) is 21.2. The van der Waals surface area contributed by atoms with Gasteiger partial charge in [0.25, 0.3) is 0 Å². The van der Waals surface area contributed by atoms with Gasteiger partial charge in [-0.15, -0.1) is 5.10 Å². The summed E-state index contributed by atoms with van der Waals surface area (Å²) in [4.78, 5) is 13.3. The van der Waals surface area contributed by atoms with Crippen LogP contribution in [0.1, 0.15) is 47.7 Å². The van der Waals surface area contributed by atoms with Crippen molar-refractivity contribution in [1.82, 2.24) is 15.0 Å². The van der Waals surface area contributed by atoms with E-state index in [1.165, 1.54) is 0 Å². The SMILES string of the molecule is CCCc1cn([C@@H]2c3cc4c(cc3[C@@H](c3cc(OC)c(OC)c(OC)c3)[C@H]3C(=O)OC[C@@H]32)OCO4)nn1. The molecule has 2 aliphatic heterocycles. The Kier molecular flexibility index (Phi) is 5.81. The summed E-state index contributed by atoms with van der Waals surface area (Å²) >= 11 is 0. The molecule has 3 aliphatic rings. The maximum Gasteiger partial charge on any atom is 0.310 e. The maximum atomic E-state index is 13.3. The van der Waals surface area contributed by atoms with Gasteiger partial charge in [-0.3, -0.25) is 4.79 Å². The minimum absolute atomic E-state index is 0.149. The molecular weight excluding hydrogens is 478 g/mol. The summed E-state index contributed by atoms with van der Waals surface area (Å²) in [5.41, 5.74) is 3.71. The van der Waals surface area contributed by atoms with Crippen molar-refractivity contribution in [2.24, 2.45) is 11.8 Å². The molecule has 0 radical (unpaired) electrons. The van der Waals surface area contributed by atoms with Crippen molar-refractivity contribution in [2.45, 2.75) is 31.7 Å². The Bertz CT molecular complexity index is 1330. The van der Waals surface area contributed by atoms with Gasteiger partial charge in [-0.1, -0.05) is 18.6 Å². The number of nitrogens with zero attached hydrogens (tertiary/aromatic N) is 3. The molecule has 1 aliphatic carbocycles. The van der Waals surface area contributed by atoms with Crippen molar-refractivity contribution in [3.05, 3.63) is 52.8 Å². The van der Waals surface area contributed by atoms with Crippen LogP contribution in [0.25, 0.3) is 0 Å². The van der Waals surface area contributed by atoms with E-state index in [-0.39, 0.29) is 37.2 Å². The number of aryl methyl sites for hydroxylation is 1. The molecule has 0 amide bonds. The minimum Gasteiger partial charge on any atom is -0.493 e. The fraction of sp³-hybridized carbons (Fsp3) is 0.444. The lowest BCUT2D eigenvalue weighted by Crippen LogP contribution is -2.37. The highest BCUT2D eigenvalue weighted by atomic mass is 16.7. The Morgan fingerprint density at radius 2 is 1.68 bits per heavy atom. The van der Waals surface area contributed by atoms with Gasteiger partial charge in [0, 0.05) is 18.0 Å². The number of benzene rings is 2. The van der Waals surface area contributed by atoms with Crippen molar-refractivity contribution < 1.29 is 33.2 Å². The van der Waals surface area contributed by atoms with Gasteiger partial charge in [0.2, 0.25) is 12.5 Å². The lowest BCUT2D eigenvalue weighted by atomic mass is 9.65. The summed E-state index contributed by atoms with van der Waals surface area (Å²) in [6.45, 7) is 2.54. The lowest BCUT2D eigenvalue weighted by Gasteiger charge is -2.39. The van der Waals surface area contributed by atoms with E-state index < -0.39 is 5.92 Å². The Labute approximate surface area is 214 Å². The Balaban J connectivity index is 1.58. The van der Waals surface area contributed by atoms with E-state index in [0.29, 0.717) is 28.7 Å². The predicted octanol–water partition coefficient (Wildman–Crippen LogP) is 3.51. The van der Waals surface area contributed by atoms with E-state index in [1.807, 2.05) is 35.1 Å². The zero-order chi connectivity index (χ0) is 25.7. The molecule has 6 rings (SSSR count). The van der Waals surface area contributed by atoms with E-state index >= 15 is 0 Å². The van der Waals surface area contributed by atoms with Crippen LogP contribution in [-0.4, -0.2) is 55.7 Å². The summed E-state index contributed by atoms with van der Waals surface area (Å²) in [6, 6.07) is 7.53. The van der Waals surface area contributed by atoms with Gasteiger partial charge in [0.15, 0.2) is 23.0 Å². The number of carbonyl (C=O) groups is 1. The molecule has 194 valence electrons. The Morgan fingerprint density at radius 1 is 0.973 bits per heavy atom. The number of carbonyl (C=O) groups excluding carboxylic acids is 1. The van der Waals surface area contributed by atoms with Crippen LogP contribution in [-0.2, 0) is 16.0 Å². The van der Waals surface area contributed by atoms with Crippen molar-refractivity contribution >= 4 is 5.97 Å². The molecular formula is C27H29N3O7. The molecule has 2 aromatic carbocycles. The first-order chi connectivity index (χ1) is 18.1. The third-order valence-electron chi connectivity index (χ3n) is 7.54. The number of hydrogen-bond acceptors (Lipinski definition) is 9. The molecule has 0 spiro atoms. The molecule has 1 aromatic heterocycles. The third kappa shape index (κ3) is 3.65. The smallest absolute Gasteiger partial charge is 0.310 e. The number of rotatable bonds is 7. The van der Waals surface area contributed by atoms with Crippen LogP contribution in [0.4, 0.5) is 0 Å². The van der Waals surface area contributed by atoms with Crippen LogP contribution >= 0.6 is 0 Å². The first-order valence-corrected chi connectivity index (χ1v) is 12.4. The van der Waals surface area contributed by atoms with Crippen LogP contribution < -0.4 is 23.7 Å². The summed E-state index contributed by atoms with van der Waals surface area (Å²) in [5, 5.41) is 8.87. The van der Waals surface area contributed by atoms with E-state index in [0.717, 1.165) is 35.2 Å². The molecule has 3 aromatic rings. The maximum absolute atomic E-state index is 13.3. The van der Waals surface area contributed by atoms with Gasteiger partial charge >= 0.3 is 5.97 Å². The van der Waals surface area contributed by atoms with E-state index in [9.17, 15) is 4.79 Å². The number of cyclic esters (lactones) is 1. The van der Waals surface area contributed by atoms with Crippen LogP contribution in [0.15, 0.2) is 30.5 Å². The molecule has 10 nitrogen and oxygen atoms in total. The average molecular weight is 508 g/mol. The van der Waals surface area contributed by atoms with Crippen molar-refractivity contribution in [1.29, 1.82) is 0 Å². The second kappa shape index (κ2) is 9.17. The van der Waals surface area contributed by atoms with Gasteiger partial charge in [-0.05, 0) is 47.4 Å². The standard InChI is InChI=1S/C27H29N3O7/c1-5-6-15-11-30(29-28-15)25-17-10-20-19(36-13-37-20)9-16(17)23(24-18(25)12-35-27(24)31)14-7-21(32-2)26(34-4)22(8-14)33-3/h7-11,18,23-25H,5-6,12-13H2,1-4H3/t18-,23+,24-,25+/m0/s1. The zero-order valence-corrected chi connectivity index (χ0v) is 21.2. The summed E-state index contributed by atoms with van der Waals surface area (Å²) < 4.78 is 35.9. The molecule has 0 unspecified atom stereocenters. The highest BCUT2D eigenvalue weighted by molar-refractivity contribution is 5.79. The topological polar surface area (TPSA) is 103 Å². The molecule has 4 atom stereocenters.